The summed E-state index contributed by atoms with van der Waals surface area (Å²) in [5.41, 5.74) is 4.16. The van der Waals surface area contributed by atoms with Gasteiger partial charge in [0.25, 0.3) is 5.69 Å². The molecule has 0 fully saturated rings. The number of aryl methyl sites for hydroxylation is 1. The first-order valence-electron chi connectivity index (χ1n) is 8.51. The van der Waals surface area contributed by atoms with Crippen LogP contribution in [-0.4, -0.2) is 16.0 Å². The SMILES string of the molecule is Cc1cc([N+](=O)[O-])cc2c1N[C@H](c1ccc(C(=O)O)cc1)[C@@H]1CC=C[C@@H]21. The predicted molar refractivity (Wildman–Crippen MR) is 97.6 cm³/mol. The molecule has 2 aliphatic rings. The number of nitro groups is 1. The summed E-state index contributed by atoms with van der Waals surface area (Å²) in [4.78, 5) is 22.0. The number of carboxylic acid groups (broad SMARTS) is 1. The van der Waals surface area contributed by atoms with Gasteiger partial charge in [-0.15, -0.1) is 0 Å². The molecule has 1 aliphatic carbocycles. The summed E-state index contributed by atoms with van der Waals surface area (Å²) in [6.07, 6.45) is 5.13. The lowest BCUT2D eigenvalue weighted by Gasteiger charge is -2.38. The zero-order chi connectivity index (χ0) is 18.4. The summed E-state index contributed by atoms with van der Waals surface area (Å²) >= 11 is 0. The van der Waals surface area contributed by atoms with Gasteiger partial charge in [-0.2, -0.15) is 0 Å². The number of benzene rings is 2. The van der Waals surface area contributed by atoms with Gasteiger partial charge >= 0.3 is 5.97 Å². The molecule has 26 heavy (non-hydrogen) atoms. The van der Waals surface area contributed by atoms with Crippen LogP contribution < -0.4 is 5.32 Å². The fourth-order valence-corrected chi connectivity index (χ4v) is 4.14. The number of fused-ring (bicyclic) bond motifs is 3. The van der Waals surface area contributed by atoms with E-state index in [0.29, 0.717) is 0 Å². The fraction of sp³-hybridized carbons (Fsp3) is 0.250. The number of aromatic carboxylic acids is 1. The summed E-state index contributed by atoms with van der Waals surface area (Å²) in [7, 11) is 0. The summed E-state index contributed by atoms with van der Waals surface area (Å²) in [6, 6.07) is 10.2. The monoisotopic (exact) mass is 350 g/mol. The Hall–Kier alpha value is -3.15. The van der Waals surface area contributed by atoms with Gasteiger partial charge in [-0.3, -0.25) is 10.1 Å². The molecule has 6 nitrogen and oxygen atoms in total. The maximum absolute atomic E-state index is 11.2. The molecule has 3 atom stereocenters. The maximum atomic E-state index is 11.2. The molecular formula is C20H18N2O4. The number of hydrogen-bond acceptors (Lipinski definition) is 4. The number of nitrogens with zero attached hydrogens (tertiary/aromatic N) is 1. The van der Waals surface area contributed by atoms with Crippen molar-refractivity contribution in [3.05, 3.63) is 80.9 Å². The first-order chi connectivity index (χ1) is 12.5. The molecule has 4 rings (SSSR count). The van der Waals surface area contributed by atoms with E-state index in [4.69, 9.17) is 5.11 Å². The molecular weight excluding hydrogens is 332 g/mol. The number of rotatable bonds is 3. The van der Waals surface area contributed by atoms with Gasteiger partial charge in [0.2, 0.25) is 0 Å². The van der Waals surface area contributed by atoms with Crippen LogP contribution in [0.1, 0.15) is 45.4 Å². The molecule has 0 bridgehead atoms. The Morgan fingerprint density at radius 2 is 2.00 bits per heavy atom. The number of allylic oxidation sites excluding steroid dienone is 2. The number of nitrogens with one attached hydrogen (secondary N) is 1. The van der Waals surface area contributed by atoms with Gasteiger partial charge in [0.15, 0.2) is 0 Å². The maximum Gasteiger partial charge on any atom is 0.335 e. The van der Waals surface area contributed by atoms with Crippen LogP contribution >= 0.6 is 0 Å². The van der Waals surface area contributed by atoms with Crippen LogP contribution in [0.3, 0.4) is 0 Å². The largest absolute Gasteiger partial charge is 0.478 e. The molecule has 132 valence electrons. The molecule has 0 aromatic heterocycles. The molecule has 1 heterocycles. The third kappa shape index (κ3) is 2.54. The number of nitro benzene ring substituents is 1. The minimum absolute atomic E-state index is 0.0329. The third-order valence-corrected chi connectivity index (χ3v) is 5.38. The van der Waals surface area contributed by atoms with Gasteiger partial charge in [-0.1, -0.05) is 24.3 Å². The summed E-state index contributed by atoms with van der Waals surface area (Å²) in [6.45, 7) is 1.88. The van der Waals surface area contributed by atoms with E-state index in [0.717, 1.165) is 28.8 Å². The van der Waals surface area contributed by atoms with Gasteiger partial charge in [0.1, 0.15) is 0 Å². The smallest absolute Gasteiger partial charge is 0.335 e. The van der Waals surface area contributed by atoms with Crippen molar-refractivity contribution in [2.24, 2.45) is 5.92 Å². The van der Waals surface area contributed by atoms with E-state index < -0.39 is 5.97 Å². The van der Waals surface area contributed by atoms with Crippen LogP contribution in [0.2, 0.25) is 0 Å². The highest BCUT2D eigenvalue weighted by molar-refractivity contribution is 5.87. The minimum atomic E-state index is -0.943. The van der Waals surface area contributed by atoms with E-state index in [2.05, 4.69) is 17.5 Å². The average molecular weight is 350 g/mol. The van der Waals surface area contributed by atoms with E-state index in [-0.39, 0.29) is 34.1 Å². The zero-order valence-electron chi connectivity index (χ0n) is 14.2. The quantitative estimate of drug-likeness (QED) is 0.485. The third-order valence-electron chi connectivity index (χ3n) is 5.38. The van der Waals surface area contributed by atoms with Crippen LogP contribution in [0.15, 0.2) is 48.6 Å². The molecule has 0 saturated heterocycles. The Morgan fingerprint density at radius 3 is 2.65 bits per heavy atom. The van der Waals surface area contributed by atoms with Crippen LogP contribution in [0.5, 0.6) is 0 Å². The van der Waals surface area contributed by atoms with E-state index in [1.54, 1.807) is 24.3 Å². The minimum Gasteiger partial charge on any atom is -0.478 e. The molecule has 0 saturated carbocycles. The summed E-state index contributed by atoms with van der Waals surface area (Å²) < 4.78 is 0. The number of carboxylic acids is 1. The van der Waals surface area contributed by atoms with Crippen molar-refractivity contribution < 1.29 is 14.8 Å². The fourth-order valence-electron chi connectivity index (χ4n) is 4.14. The highest BCUT2D eigenvalue weighted by atomic mass is 16.6. The lowest BCUT2D eigenvalue weighted by atomic mass is 9.76. The lowest BCUT2D eigenvalue weighted by molar-refractivity contribution is -0.385. The number of carbonyl (C=O) groups is 1. The molecule has 0 unspecified atom stereocenters. The van der Waals surface area contributed by atoms with Crippen molar-refractivity contribution in [2.45, 2.75) is 25.3 Å². The first kappa shape index (κ1) is 16.3. The van der Waals surface area contributed by atoms with Crippen LogP contribution in [0, 0.1) is 23.0 Å². The van der Waals surface area contributed by atoms with Crippen LogP contribution in [-0.2, 0) is 0 Å². The Kier molecular flexibility index (Phi) is 3.76. The van der Waals surface area contributed by atoms with Gasteiger partial charge in [-0.05, 0) is 48.1 Å². The highest BCUT2D eigenvalue weighted by Gasteiger charge is 2.39. The van der Waals surface area contributed by atoms with Crippen LogP contribution in [0.4, 0.5) is 11.4 Å². The Balaban J connectivity index is 1.77. The molecule has 6 heteroatoms. The molecule has 2 N–H and O–H groups in total. The van der Waals surface area contributed by atoms with E-state index in [1.807, 2.05) is 19.1 Å². The van der Waals surface area contributed by atoms with Gasteiger partial charge in [-0.25, -0.2) is 4.79 Å². The van der Waals surface area contributed by atoms with Gasteiger partial charge in [0, 0.05) is 23.7 Å². The van der Waals surface area contributed by atoms with Crippen molar-refractivity contribution in [3.8, 4) is 0 Å². The van der Waals surface area contributed by atoms with Crippen molar-refractivity contribution in [3.63, 3.8) is 0 Å². The predicted octanol–water partition coefficient (Wildman–Crippen LogP) is 4.43. The van der Waals surface area contributed by atoms with Crippen LogP contribution in [0.25, 0.3) is 0 Å². The summed E-state index contributed by atoms with van der Waals surface area (Å²) in [5, 5.41) is 23.9. The van der Waals surface area contributed by atoms with E-state index in [9.17, 15) is 14.9 Å². The topological polar surface area (TPSA) is 92.5 Å². The Labute approximate surface area is 150 Å². The molecule has 0 spiro atoms. The first-order valence-corrected chi connectivity index (χ1v) is 8.51. The van der Waals surface area contributed by atoms with Crippen molar-refractivity contribution in [2.75, 3.05) is 5.32 Å². The second-order valence-corrected chi connectivity index (χ2v) is 6.89. The molecule has 2 aromatic carbocycles. The van der Waals surface area contributed by atoms with Gasteiger partial charge in [0.05, 0.1) is 16.5 Å². The van der Waals surface area contributed by atoms with E-state index >= 15 is 0 Å². The number of hydrogen-bond donors (Lipinski definition) is 2. The summed E-state index contributed by atoms with van der Waals surface area (Å²) in [5.74, 6) is -0.573. The normalized spacial score (nSPS) is 23.0. The zero-order valence-corrected chi connectivity index (χ0v) is 14.2. The average Bonchev–Trinajstić information content (AvgIpc) is 3.11. The standard InChI is InChI=1S/C20H18N2O4/c1-11-9-14(22(25)26)10-17-15-3-2-4-16(15)19(21-18(11)17)12-5-7-13(8-6-12)20(23)24/h2-3,5-10,15-16,19,21H,4H2,1H3,(H,23,24)/t15-,16-,19-/m1/s1. The Bertz CT molecular complexity index is 934. The second-order valence-electron chi connectivity index (χ2n) is 6.89. The molecule has 2 aromatic rings. The number of non-ortho nitro benzene ring substituents is 1. The molecule has 0 radical (unpaired) electrons. The number of anilines is 1. The molecule has 0 amide bonds. The Morgan fingerprint density at radius 1 is 1.27 bits per heavy atom. The van der Waals surface area contributed by atoms with Crippen molar-refractivity contribution >= 4 is 17.3 Å². The van der Waals surface area contributed by atoms with E-state index in [1.165, 1.54) is 0 Å². The molecule has 1 aliphatic heterocycles. The van der Waals surface area contributed by atoms with Crippen molar-refractivity contribution in [1.82, 2.24) is 0 Å². The van der Waals surface area contributed by atoms with Crippen molar-refractivity contribution in [1.29, 1.82) is 0 Å². The highest BCUT2D eigenvalue weighted by Crippen LogP contribution is 2.51. The lowest BCUT2D eigenvalue weighted by Crippen LogP contribution is -2.29. The van der Waals surface area contributed by atoms with Gasteiger partial charge < -0.3 is 10.4 Å². The second kappa shape index (κ2) is 5.98.